The molecule has 3 heterocycles. The van der Waals surface area contributed by atoms with E-state index in [-0.39, 0.29) is 6.10 Å². The van der Waals surface area contributed by atoms with Crippen LogP contribution in [-0.2, 0) is 0 Å². The number of aromatic nitrogens is 3. The molecule has 0 amide bonds. The molecule has 0 radical (unpaired) electrons. The number of aryl methyl sites for hydroxylation is 1. The molecule has 29 heavy (non-hydrogen) atoms. The molecule has 7 heteroatoms. The predicted molar refractivity (Wildman–Crippen MR) is 117 cm³/mol. The molecule has 1 aromatic carbocycles. The third kappa shape index (κ3) is 3.20. The lowest BCUT2D eigenvalue weighted by Gasteiger charge is -2.40. The highest BCUT2D eigenvalue weighted by Crippen LogP contribution is 2.47. The van der Waals surface area contributed by atoms with Crippen LogP contribution in [0.5, 0.6) is 0 Å². The standard InChI is InChI=1S/C22H24Cl2N4O/c1-14-18(16-3-2-4-17(23)19(16)24)20-25-9-12-28(20)21(26-14)27-10-7-22(8-11-27)6-5-15(29)13-22/h2-4,9,12,15,29H,5-8,10-11,13H2,1H3/t15-/m1/s1. The SMILES string of the molecule is Cc1nc(N2CCC3(CC[C@@H](O)C3)CC2)n2ccnc2c1-c1cccc(Cl)c1Cl. The fourth-order valence-corrected chi connectivity index (χ4v) is 5.51. The molecule has 0 unspecified atom stereocenters. The van der Waals surface area contributed by atoms with Gasteiger partial charge >= 0.3 is 0 Å². The van der Waals surface area contributed by atoms with Gasteiger partial charge in [0, 0.05) is 36.6 Å². The van der Waals surface area contributed by atoms with Gasteiger partial charge in [-0.1, -0.05) is 35.3 Å². The van der Waals surface area contributed by atoms with Crippen molar-refractivity contribution in [2.75, 3.05) is 18.0 Å². The van der Waals surface area contributed by atoms with Crippen molar-refractivity contribution in [2.45, 2.75) is 45.1 Å². The molecule has 1 saturated carbocycles. The maximum Gasteiger partial charge on any atom is 0.211 e. The Morgan fingerprint density at radius 3 is 2.69 bits per heavy atom. The smallest absolute Gasteiger partial charge is 0.211 e. The Kier molecular flexibility index (Phi) is 4.72. The second-order valence-corrected chi connectivity index (χ2v) is 9.26. The average Bonchev–Trinajstić information content (AvgIpc) is 3.32. The number of halogens is 2. The molecule has 0 bridgehead atoms. The largest absolute Gasteiger partial charge is 0.393 e. The van der Waals surface area contributed by atoms with Gasteiger partial charge in [-0.05, 0) is 50.5 Å². The molecule has 1 aliphatic heterocycles. The topological polar surface area (TPSA) is 53.7 Å². The number of aliphatic hydroxyl groups is 1. The van der Waals surface area contributed by atoms with E-state index in [9.17, 15) is 5.11 Å². The zero-order valence-corrected chi connectivity index (χ0v) is 17.9. The minimum absolute atomic E-state index is 0.121. The van der Waals surface area contributed by atoms with E-state index in [4.69, 9.17) is 28.2 Å². The molecule has 3 aromatic rings. The van der Waals surface area contributed by atoms with Gasteiger partial charge in [0.15, 0.2) is 0 Å². The van der Waals surface area contributed by atoms with Crippen LogP contribution in [0.2, 0.25) is 10.0 Å². The van der Waals surface area contributed by atoms with Gasteiger partial charge < -0.3 is 10.0 Å². The summed E-state index contributed by atoms with van der Waals surface area (Å²) < 4.78 is 2.06. The molecule has 1 N–H and O–H groups in total. The summed E-state index contributed by atoms with van der Waals surface area (Å²) in [5, 5.41) is 11.1. The molecule has 5 rings (SSSR count). The molecule has 2 aromatic heterocycles. The summed E-state index contributed by atoms with van der Waals surface area (Å²) in [5.74, 6) is 0.922. The van der Waals surface area contributed by atoms with E-state index in [1.54, 1.807) is 12.3 Å². The van der Waals surface area contributed by atoms with Gasteiger partial charge in [0.25, 0.3) is 0 Å². The first-order valence-electron chi connectivity index (χ1n) is 10.2. The molecule has 152 valence electrons. The summed E-state index contributed by atoms with van der Waals surface area (Å²) in [6, 6.07) is 5.65. The Morgan fingerprint density at radius 1 is 1.17 bits per heavy atom. The number of nitrogens with zero attached hydrogens (tertiary/aromatic N) is 4. The number of hydrogen-bond donors (Lipinski definition) is 1. The number of hydrogen-bond acceptors (Lipinski definition) is 4. The van der Waals surface area contributed by atoms with Gasteiger partial charge in [0.1, 0.15) is 5.65 Å². The first-order chi connectivity index (χ1) is 14.0. The molecule has 1 atom stereocenters. The first-order valence-corrected chi connectivity index (χ1v) is 10.9. The third-order valence-electron chi connectivity index (χ3n) is 6.71. The summed E-state index contributed by atoms with van der Waals surface area (Å²) in [4.78, 5) is 11.9. The van der Waals surface area contributed by atoms with E-state index in [2.05, 4.69) is 14.3 Å². The number of aliphatic hydroxyl groups excluding tert-OH is 1. The van der Waals surface area contributed by atoms with Crippen LogP contribution in [0.3, 0.4) is 0 Å². The van der Waals surface area contributed by atoms with Crippen molar-refractivity contribution in [2.24, 2.45) is 5.41 Å². The van der Waals surface area contributed by atoms with Gasteiger partial charge in [-0.25, -0.2) is 9.97 Å². The van der Waals surface area contributed by atoms with Crippen LogP contribution in [0.1, 0.15) is 37.8 Å². The lowest BCUT2D eigenvalue weighted by Crippen LogP contribution is -2.40. The van der Waals surface area contributed by atoms with E-state index >= 15 is 0 Å². The van der Waals surface area contributed by atoms with E-state index in [1.807, 2.05) is 25.3 Å². The molecule has 5 nitrogen and oxygen atoms in total. The van der Waals surface area contributed by atoms with Crippen LogP contribution in [0.25, 0.3) is 16.8 Å². The van der Waals surface area contributed by atoms with Crippen molar-refractivity contribution in [3.05, 3.63) is 46.3 Å². The fraction of sp³-hybridized carbons (Fsp3) is 0.455. The maximum absolute atomic E-state index is 10.0. The Balaban J connectivity index is 1.53. The Bertz CT molecular complexity index is 1070. The van der Waals surface area contributed by atoms with Crippen LogP contribution in [0.4, 0.5) is 5.95 Å². The van der Waals surface area contributed by atoms with Crippen LogP contribution in [0.15, 0.2) is 30.6 Å². The summed E-state index contributed by atoms with van der Waals surface area (Å²) >= 11 is 12.8. The normalized spacial score (nSPS) is 21.4. The zero-order valence-electron chi connectivity index (χ0n) is 16.4. The van der Waals surface area contributed by atoms with Crippen LogP contribution in [-0.4, -0.2) is 38.7 Å². The van der Waals surface area contributed by atoms with Crippen molar-refractivity contribution < 1.29 is 5.11 Å². The summed E-state index contributed by atoms with van der Waals surface area (Å²) in [6.07, 6.45) is 8.87. The number of rotatable bonds is 2. The van der Waals surface area contributed by atoms with Gasteiger partial charge in [-0.3, -0.25) is 4.40 Å². The minimum atomic E-state index is -0.121. The van der Waals surface area contributed by atoms with Crippen LogP contribution >= 0.6 is 23.2 Å². The molecule has 1 saturated heterocycles. The van der Waals surface area contributed by atoms with E-state index < -0.39 is 0 Å². The van der Waals surface area contributed by atoms with Crippen molar-refractivity contribution in [1.82, 2.24) is 14.4 Å². The van der Waals surface area contributed by atoms with Gasteiger partial charge in [-0.15, -0.1) is 0 Å². The second-order valence-electron chi connectivity index (χ2n) is 8.48. The van der Waals surface area contributed by atoms with Crippen molar-refractivity contribution in [1.29, 1.82) is 0 Å². The third-order valence-corrected chi connectivity index (χ3v) is 7.53. The highest BCUT2D eigenvalue weighted by atomic mass is 35.5. The van der Waals surface area contributed by atoms with E-state index in [0.717, 1.165) is 73.6 Å². The average molecular weight is 431 g/mol. The molecule has 1 spiro atoms. The lowest BCUT2D eigenvalue weighted by atomic mass is 9.77. The number of benzene rings is 1. The number of piperidine rings is 1. The minimum Gasteiger partial charge on any atom is -0.393 e. The second kappa shape index (κ2) is 7.15. The molecule has 2 aliphatic rings. The highest BCUT2D eigenvalue weighted by Gasteiger charge is 2.41. The van der Waals surface area contributed by atoms with E-state index in [0.29, 0.717) is 15.5 Å². The first kappa shape index (κ1) is 19.2. The molecular formula is C22H24Cl2N4O. The maximum atomic E-state index is 10.0. The quantitative estimate of drug-likeness (QED) is 0.610. The summed E-state index contributed by atoms with van der Waals surface area (Å²) in [5.41, 5.74) is 3.81. The monoisotopic (exact) mass is 430 g/mol. The van der Waals surface area contributed by atoms with Crippen molar-refractivity contribution >= 4 is 34.8 Å². The Labute approximate surface area is 180 Å². The Hall–Kier alpha value is -1.82. The number of fused-ring (bicyclic) bond motifs is 1. The highest BCUT2D eigenvalue weighted by molar-refractivity contribution is 6.43. The van der Waals surface area contributed by atoms with Gasteiger partial charge in [-0.2, -0.15) is 0 Å². The van der Waals surface area contributed by atoms with Crippen molar-refractivity contribution in [3.8, 4) is 11.1 Å². The van der Waals surface area contributed by atoms with Crippen molar-refractivity contribution in [3.63, 3.8) is 0 Å². The fourth-order valence-electron chi connectivity index (χ4n) is 5.12. The molecular weight excluding hydrogens is 407 g/mol. The summed E-state index contributed by atoms with van der Waals surface area (Å²) in [6.45, 7) is 3.90. The Morgan fingerprint density at radius 2 is 1.97 bits per heavy atom. The predicted octanol–water partition coefficient (Wildman–Crippen LogP) is 5.14. The molecule has 1 aliphatic carbocycles. The lowest BCUT2D eigenvalue weighted by molar-refractivity contribution is 0.144. The molecule has 2 fully saturated rings. The van der Waals surface area contributed by atoms with Gasteiger partial charge in [0.2, 0.25) is 5.95 Å². The summed E-state index contributed by atoms with van der Waals surface area (Å²) in [7, 11) is 0. The van der Waals surface area contributed by atoms with Crippen LogP contribution < -0.4 is 4.90 Å². The number of imidazole rings is 1. The van der Waals surface area contributed by atoms with E-state index in [1.165, 1.54) is 0 Å². The number of anilines is 1. The zero-order chi connectivity index (χ0) is 20.2. The van der Waals surface area contributed by atoms with Gasteiger partial charge in [0.05, 0.1) is 21.8 Å². The van der Waals surface area contributed by atoms with Crippen LogP contribution in [0, 0.1) is 12.3 Å².